The minimum atomic E-state index is -0.841. The van der Waals surface area contributed by atoms with Crippen LogP contribution in [0.5, 0.6) is 0 Å². The molecular formula is C12H23NO2. The third-order valence-corrected chi connectivity index (χ3v) is 3.25. The zero-order valence-electron chi connectivity index (χ0n) is 10.3. The van der Waals surface area contributed by atoms with Crippen molar-refractivity contribution in [2.45, 2.75) is 52.5 Å². The minimum absolute atomic E-state index is 0.162. The molecule has 3 nitrogen and oxygen atoms in total. The number of hydrogen-bond acceptors (Lipinski definition) is 2. The van der Waals surface area contributed by atoms with Crippen molar-refractivity contribution >= 4 is 5.97 Å². The number of hydrogen-bond donors (Lipinski definition) is 2. The first-order valence-corrected chi connectivity index (χ1v) is 5.66. The van der Waals surface area contributed by atoms with Gasteiger partial charge in [-0.25, -0.2) is 4.79 Å². The van der Waals surface area contributed by atoms with E-state index in [-0.39, 0.29) is 5.54 Å². The highest BCUT2D eigenvalue weighted by atomic mass is 16.4. The fourth-order valence-electron chi connectivity index (χ4n) is 1.63. The van der Waals surface area contributed by atoms with Gasteiger partial charge in [0.2, 0.25) is 0 Å². The van der Waals surface area contributed by atoms with Gasteiger partial charge in [0.05, 0.1) is 0 Å². The van der Waals surface area contributed by atoms with E-state index in [1.54, 1.807) is 13.0 Å². The number of aliphatic carboxylic acids is 1. The maximum atomic E-state index is 10.6. The first kappa shape index (κ1) is 14.2. The number of carboxylic acids is 1. The van der Waals surface area contributed by atoms with Gasteiger partial charge >= 0.3 is 5.97 Å². The zero-order valence-corrected chi connectivity index (χ0v) is 10.3. The number of carbonyl (C=O) groups is 1. The maximum absolute atomic E-state index is 10.6. The second-order valence-electron chi connectivity index (χ2n) is 3.91. The predicted molar refractivity (Wildman–Crippen MR) is 63.0 cm³/mol. The van der Waals surface area contributed by atoms with Gasteiger partial charge in [0, 0.05) is 17.7 Å². The summed E-state index contributed by atoms with van der Waals surface area (Å²) in [5.41, 5.74) is 0.564. The molecule has 0 aromatic carbocycles. The number of rotatable bonds is 7. The lowest BCUT2D eigenvalue weighted by molar-refractivity contribution is -0.132. The minimum Gasteiger partial charge on any atom is -0.478 e. The smallest absolute Gasteiger partial charge is 0.330 e. The Bertz CT molecular complexity index is 222. The van der Waals surface area contributed by atoms with Crippen LogP contribution in [-0.4, -0.2) is 23.2 Å². The van der Waals surface area contributed by atoms with E-state index in [0.717, 1.165) is 19.3 Å². The van der Waals surface area contributed by atoms with Crippen molar-refractivity contribution in [2.75, 3.05) is 6.54 Å². The molecule has 0 saturated carbocycles. The predicted octanol–water partition coefficient (Wildman–Crippen LogP) is 2.58. The molecule has 0 unspecified atom stereocenters. The first-order chi connectivity index (χ1) is 7.01. The van der Waals surface area contributed by atoms with Crippen molar-refractivity contribution < 1.29 is 9.90 Å². The summed E-state index contributed by atoms with van der Waals surface area (Å²) in [4.78, 5) is 10.6. The number of carboxylic acid groups (broad SMARTS) is 1. The van der Waals surface area contributed by atoms with Gasteiger partial charge in [-0.1, -0.05) is 26.8 Å². The van der Waals surface area contributed by atoms with E-state index in [1.807, 2.05) is 0 Å². The van der Waals surface area contributed by atoms with Gasteiger partial charge in [-0.2, -0.15) is 0 Å². The summed E-state index contributed by atoms with van der Waals surface area (Å²) in [6, 6.07) is 0. The lowest BCUT2D eigenvalue weighted by Gasteiger charge is -2.31. The van der Waals surface area contributed by atoms with Gasteiger partial charge in [0.1, 0.15) is 0 Å². The molecular weight excluding hydrogens is 190 g/mol. The van der Waals surface area contributed by atoms with Crippen LogP contribution in [0.1, 0.15) is 47.0 Å². The summed E-state index contributed by atoms with van der Waals surface area (Å²) in [6.45, 7) is 8.73. The topological polar surface area (TPSA) is 49.3 Å². The van der Waals surface area contributed by atoms with Crippen molar-refractivity contribution in [3.05, 3.63) is 11.6 Å². The highest BCUT2D eigenvalue weighted by molar-refractivity contribution is 5.85. The van der Waals surface area contributed by atoms with Crippen LogP contribution in [0.4, 0.5) is 0 Å². The molecule has 0 aliphatic rings. The van der Waals surface area contributed by atoms with E-state index in [1.165, 1.54) is 0 Å². The molecule has 0 atom stereocenters. The molecule has 0 radical (unpaired) electrons. The van der Waals surface area contributed by atoms with Gasteiger partial charge in [-0.05, 0) is 26.2 Å². The van der Waals surface area contributed by atoms with Crippen LogP contribution in [0, 0.1) is 0 Å². The molecule has 0 bridgehead atoms. The lowest BCUT2D eigenvalue weighted by atomic mass is 9.90. The first-order valence-electron chi connectivity index (χ1n) is 5.66. The molecule has 15 heavy (non-hydrogen) atoms. The van der Waals surface area contributed by atoms with Crippen LogP contribution in [0.15, 0.2) is 11.6 Å². The summed E-state index contributed by atoms with van der Waals surface area (Å²) in [7, 11) is 0. The number of nitrogens with one attached hydrogen (secondary N) is 1. The molecule has 0 rings (SSSR count). The Kier molecular flexibility index (Phi) is 6.25. The molecule has 0 aromatic heterocycles. The maximum Gasteiger partial charge on any atom is 0.330 e. The van der Waals surface area contributed by atoms with Crippen LogP contribution in [-0.2, 0) is 4.79 Å². The summed E-state index contributed by atoms with van der Waals surface area (Å²) in [5.74, 6) is -0.841. The second-order valence-corrected chi connectivity index (χ2v) is 3.91. The van der Waals surface area contributed by atoms with E-state index in [4.69, 9.17) is 5.11 Å². The molecule has 2 N–H and O–H groups in total. The van der Waals surface area contributed by atoms with Crippen LogP contribution < -0.4 is 5.32 Å². The van der Waals surface area contributed by atoms with Crippen LogP contribution in [0.3, 0.4) is 0 Å². The molecule has 0 amide bonds. The molecule has 0 saturated heterocycles. The van der Waals surface area contributed by atoms with E-state index in [9.17, 15) is 4.79 Å². The highest BCUT2D eigenvalue weighted by Gasteiger charge is 2.21. The van der Waals surface area contributed by atoms with Gasteiger partial charge < -0.3 is 10.4 Å². The van der Waals surface area contributed by atoms with E-state index < -0.39 is 5.97 Å². The largest absolute Gasteiger partial charge is 0.478 e. The SMILES string of the molecule is CCC(CC)(CC)NC/C=C(/C)C(=O)O. The molecule has 88 valence electrons. The third kappa shape index (κ3) is 4.47. The van der Waals surface area contributed by atoms with Crippen LogP contribution in [0.25, 0.3) is 0 Å². The summed E-state index contributed by atoms with van der Waals surface area (Å²) < 4.78 is 0. The standard InChI is InChI=1S/C12H23NO2/c1-5-12(6-2,7-3)13-9-8-10(4)11(14)15/h8,13H,5-7,9H2,1-4H3,(H,14,15)/b10-8-. The van der Waals surface area contributed by atoms with E-state index in [2.05, 4.69) is 26.1 Å². The Morgan fingerprint density at radius 1 is 1.27 bits per heavy atom. The van der Waals surface area contributed by atoms with Gasteiger partial charge in [0.25, 0.3) is 0 Å². The molecule has 0 aromatic rings. The highest BCUT2D eigenvalue weighted by Crippen LogP contribution is 2.18. The third-order valence-electron chi connectivity index (χ3n) is 3.25. The summed E-state index contributed by atoms with van der Waals surface area (Å²) in [6.07, 6.45) is 4.94. The molecule has 0 aliphatic carbocycles. The van der Waals surface area contributed by atoms with Crippen LogP contribution in [0.2, 0.25) is 0 Å². The Morgan fingerprint density at radius 2 is 1.73 bits per heavy atom. The molecule has 0 aliphatic heterocycles. The molecule has 0 fully saturated rings. The fraction of sp³-hybridized carbons (Fsp3) is 0.750. The van der Waals surface area contributed by atoms with E-state index in [0.29, 0.717) is 12.1 Å². The Balaban J connectivity index is 4.23. The summed E-state index contributed by atoms with van der Waals surface area (Å²) in [5, 5.41) is 12.1. The van der Waals surface area contributed by atoms with Crippen molar-refractivity contribution in [3.8, 4) is 0 Å². The normalized spacial score (nSPS) is 12.9. The average Bonchev–Trinajstić information content (AvgIpc) is 2.24. The quantitative estimate of drug-likeness (QED) is 0.639. The van der Waals surface area contributed by atoms with Gasteiger partial charge in [0.15, 0.2) is 0 Å². The Hall–Kier alpha value is -0.830. The fourth-order valence-corrected chi connectivity index (χ4v) is 1.63. The Morgan fingerprint density at radius 3 is 2.07 bits per heavy atom. The second kappa shape index (κ2) is 6.62. The monoisotopic (exact) mass is 213 g/mol. The lowest BCUT2D eigenvalue weighted by Crippen LogP contribution is -2.43. The molecule has 3 heteroatoms. The average molecular weight is 213 g/mol. The van der Waals surface area contributed by atoms with E-state index >= 15 is 0 Å². The van der Waals surface area contributed by atoms with Crippen LogP contribution >= 0.6 is 0 Å². The van der Waals surface area contributed by atoms with Crippen molar-refractivity contribution in [1.29, 1.82) is 0 Å². The zero-order chi connectivity index (χ0) is 11.9. The van der Waals surface area contributed by atoms with Crippen molar-refractivity contribution in [3.63, 3.8) is 0 Å². The molecule has 0 heterocycles. The summed E-state index contributed by atoms with van der Waals surface area (Å²) >= 11 is 0. The van der Waals surface area contributed by atoms with Crippen molar-refractivity contribution in [1.82, 2.24) is 5.32 Å². The Labute approximate surface area is 92.6 Å². The van der Waals surface area contributed by atoms with Crippen molar-refractivity contribution in [2.24, 2.45) is 0 Å². The molecule has 0 spiro atoms. The van der Waals surface area contributed by atoms with Gasteiger partial charge in [-0.15, -0.1) is 0 Å². The van der Waals surface area contributed by atoms with Gasteiger partial charge in [-0.3, -0.25) is 0 Å².